The molecule has 1 amide bonds. The van der Waals surface area contributed by atoms with Crippen LogP contribution in [0.25, 0.3) is 0 Å². The van der Waals surface area contributed by atoms with Gasteiger partial charge in [-0.1, -0.05) is 23.2 Å². The third-order valence-electron chi connectivity index (χ3n) is 2.91. The van der Waals surface area contributed by atoms with E-state index in [1.165, 1.54) is 43.5 Å². The molecule has 0 bridgehead atoms. The summed E-state index contributed by atoms with van der Waals surface area (Å²) in [7, 11) is -2.68. The highest BCUT2D eigenvalue weighted by Gasteiger charge is 2.21. The van der Waals surface area contributed by atoms with Crippen molar-refractivity contribution in [2.24, 2.45) is 5.73 Å². The summed E-state index contributed by atoms with van der Waals surface area (Å²) in [5.41, 5.74) is 5.38. The molecule has 2 aromatic carbocycles. The second kappa shape index (κ2) is 6.66. The molecule has 122 valence electrons. The van der Waals surface area contributed by atoms with E-state index in [1.54, 1.807) is 0 Å². The first-order valence-electron chi connectivity index (χ1n) is 6.20. The number of sulfonamides is 1. The first-order chi connectivity index (χ1) is 10.7. The van der Waals surface area contributed by atoms with Crippen LogP contribution < -0.4 is 15.2 Å². The van der Waals surface area contributed by atoms with E-state index in [1.807, 2.05) is 0 Å². The van der Waals surface area contributed by atoms with Crippen molar-refractivity contribution in [3.05, 3.63) is 52.0 Å². The fourth-order valence-corrected chi connectivity index (χ4v) is 3.65. The average Bonchev–Trinajstić information content (AvgIpc) is 2.49. The fourth-order valence-electron chi connectivity index (χ4n) is 1.82. The van der Waals surface area contributed by atoms with Gasteiger partial charge in [0.05, 0.1) is 17.8 Å². The van der Waals surface area contributed by atoms with Gasteiger partial charge in [-0.25, -0.2) is 8.42 Å². The van der Waals surface area contributed by atoms with Gasteiger partial charge >= 0.3 is 0 Å². The standard InChI is InChI=1S/C14H12Cl2N2O4S/c1-22-12-5-2-8(14(17)19)6-11(12)18-23(20,21)13-7-9(15)3-4-10(13)16/h2-7,18H,1H3,(H2,17,19). The maximum absolute atomic E-state index is 12.5. The molecule has 9 heteroatoms. The molecule has 2 rings (SSSR count). The molecule has 0 atom stereocenters. The van der Waals surface area contributed by atoms with Gasteiger partial charge in [-0.15, -0.1) is 0 Å². The van der Waals surface area contributed by atoms with Gasteiger partial charge in [0.2, 0.25) is 5.91 Å². The van der Waals surface area contributed by atoms with Crippen molar-refractivity contribution in [2.45, 2.75) is 4.90 Å². The van der Waals surface area contributed by atoms with E-state index in [4.69, 9.17) is 33.7 Å². The summed E-state index contributed by atoms with van der Waals surface area (Å²) in [5, 5.41) is 0.222. The van der Waals surface area contributed by atoms with Crippen LogP contribution in [0.1, 0.15) is 10.4 Å². The second-order valence-electron chi connectivity index (χ2n) is 4.46. The van der Waals surface area contributed by atoms with Crippen molar-refractivity contribution >= 4 is 44.8 Å². The maximum atomic E-state index is 12.5. The van der Waals surface area contributed by atoms with E-state index < -0.39 is 15.9 Å². The van der Waals surface area contributed by atoms with Crippen molar-refractivity contribution in [1.29, 1.82) is 0 Å². The predicted molar refractivity (Wildman–Crippen MR) is 88.8 cm³/mol. The van der Waals surface area contributed by atoms with Gasteiger partial charge in [0.25, 0.3) is 10.0 Å². The van der Waals surface area contributed by atoms with Crippen molar-refractivity contribution in [3.63, 3.8) is 0 Å². The van der Waals surface area contributed by atoms with E-state index >= 15 is 0 Å². The molecular weight excluding hydrogens is 363 g/mol. The molecule has 0 aromatic heterocycles. The average molecular weight is 375 g/mol. The maximum Gasteiger partial charge on any atom is 0.263 e. The third-order valence-corrected chi connectivity index (χ3v) is 4.99. The SMILES string of the molecule is COc1ccc(C(N)=O)cc1NS(=O)(=O)c1cc(Cl)ccc1Cl. The summed E-state index contributed by atoms with van der Waals surface area (Å²) in [6.45, 7) is 0. The molecule has 0 spiro atoms. The smallest absolute Gasteiger partial charge is 0.263 e. The second-order valence-corrected chi connectivity index (χ2v) is 6.95. The zero-order valence-electron chi connectivity index (χ0n) is 11.8. The van der Waals surface area contributed by atoms with Crippen molar-refractivity contribution in [2.75, 3.05) is 11.8 Å². The van der Waals surface area contributed by atoms with E-state index in [0.29, 0.717) is 0 Å². The number of carbonyl (C=O) groups is 1. The van der Waals surface area contributed by atoms with E-state index in [2.05, 4.69) is 4.72 Å². The number of hydrogen-bond acceptors (Lipinski definition) is 4. The van der Waals surface area contributed by atoms with Gasteiger partial charge in [-0.2, -0.15) is 0 Å². The number of primary amides is 1. The number of benzene rings is 2. The third kappa shape index (κ3) is 3.87. The molecule has 0 saturated heterocycles. The van der Waals surface area contributed by atoms with Crippen LogP contribution >= 0.6 is 23.2 Å². The van der Waals surface area contributed by atoms with Gasteiger partial charge in [0.15, 0.2) is 0 Å². The molecule has 0 aliphatic rings. The first kappa shape index (κ1) is 17.4. The Morgan fingerprint density at radius 3 is 2.48 bits per heavy atom. The van der Waals surface area contributed by atoms with E-state index in [0.717, 1.165) is 0 Å². The molecule has 0 aliphatic carbocycles. The van der Waals surface area contributed by atoms with E-state index in [-0.39, 0.29) is 31.9 Å². The van der Waals surface area contributed by atoms with Crippen LogP contribution in [0.2, 0.25) is 10.0 Å². The summed E-state index contributed by atoms with van der Waals surface area (Å²) in [4.78, 5) is 11.1. The van der Waals surface area contributed by atoms with Crippen LogP contribution in [0.15, 0.2) is 41.3 Å². The quantitative estimate of drug-likeness (QED) is 0.840. The van der Waals surface area contributed by atoms with Gasteiger partial charge in [-0.05, 0) is 36.4 Å². The highest BCUT2D eigenvalue weighted by atomic mass is 35.5. The Kier molecular flexibility index (Phi) is 5.03. The van der Waals surface area contributed by atoms with Crippen LogP contribution in [0.5, 0.6) is 5.75 Å². The Hall–Kier alpha value is -1.96. The molecule has 0 unspecified atom stereocenters. The number of carbonyl (C=O) groups excluding carboxylic acids is 1. The molecule has 0 fully saturated rings. The largest absolute Gasteiger partial charge is 0.495 e. The Labute approximate surface area is 143 Å². The monoisotopic (exact) mass is 374 g/mol. The molecule has 0 aliphatic heterocycles. The number of nitrogens with one attached hydrogen (secondary N) is 1. The Balaban J connectivity index is 2.50. The summed E-state index contributed by atoms with van der Waals surface area (Å²) in [6, 6.07) is 8.18. The fraction of sp³-hybridized carbons (Fsp3) is 0.0714. The van der Waals surface area contributed by atoms with Gasteiger partial charge in [-0.3, -0.25) is 9.52 Å². The topological polar surface area (TPSA) is 98.5 Å². The minimum absolute atomic E-state index is 0.00641. The summed E-state index contributed by atoms with van der Waals surface area (Å²) in [5.74, 6) is -0.481. The van der Waals surface area contributed by atoms with E-state index in [9.17, 15) is 13.2 Å². The van der Waals surface area contributed by atoms with Crippen LogP contribution in [-0.4, -0.2) is 21.4 Å². The van der Waals surface area contributed by atoms with Crippen LogP contribution in [0, 0.1) is 0 Å². The highest BCUT2D eigenvalue weighted by Crippen LogP contribution is 2.31. The first-order valence-corrected chi connectivity index (χ1v) is 8.44. The Morgan fingerprint density at radius 2 is 1.87 bits per heavy atom. The number of anilines is 1. The predicted octanol–water partition coefficient (Wildman–Crippen LogP) is 2.90. The summed E-state index contributed by atoms with van der Waals surface area (Å²) in [6.07, 6.45) is 0. The number of halogens is 2. The molecule has 6 nitrogen and oxygen atoms in total. The lowest BCUT2D eigenvalue weighted by Gasteiger charge is -2.13. The van der Waals surface area contributed by atoms with Crippen LogP contribution in [0.4, 0.5) is 5.69 Å². The molecule has 23 heavy (non-hydrogen) atoms. The summed E-state index contributed by atoms with van der Waals surface area (Å²) < 4.78 is 32.4. The number of ether oxygens (including phenoxy) is 1. The Bertz CT molecular complexity index is 869. The van der Waals surface area contributed by atoms with Gasteiger partial charge < -0.3 is 10.5 Å². The molecule has 0 saturated carbocycles. The molecule has 3 N–H and O–H groups in total. The summed E-state index contributed by atoms with van der Waals surface area (Å²) >= 11 is 11.7. The van der Waals surface area contributed by atoms with Gasteiger partial charge in [0, 0.05) is 10.6 Å². The lowest BCUT2D eigenvalue weighted by atomic mass is 10.2. The molecule has 0 radical (unpaired) electrons. The molecule has 2 aromatic rings. The van der Waals surface area contributed by atoms with Gasteiger partial charge in [0.1, 0.15) is 10.6 Å². The lowest BCUT2D eigenvalue weighted by molar-refractivity contribution is 0.100. The molecular formula is C14H12Cl2N2O4S. The van der Waals surface area contributed by atoms with Crippen molar-refractivity contribution in [1.82, 2.24) is 0 Å². The zero-order chi connectivity index (χ0) is 17.2. The number of rotatable bonds is 5. The van der Waals surface area contributed by atoms with Crippen molar-refractivity contribution < 1.29 is 17.9 Å². The number of nitrogens with two attached hydrogens (primary N) is 1. The highest BCUT2D eigenvalue weighted by molar-refractivity contribution is 7.92. The number of amides is 1. The number of hydrogen-bond donors (Lipinski definition) is 2. The minimum Gasteiger partial charge on any atom is -0.495 e. The van der Waals surface area contributed by atoms with Crippen molar-refractivity contribution in [3.8, 4) is 5.75 Å². The van der Waals surface area contributed by atoms with Crippen LogP contribution in [0.3, 0.4) is 0 Å². The lowest BCUT2D eigenvalue weighted by Crippen LogP contribution is -2.16. The Morgan fingerprint density at radius 1 is 1.17 bits per heavy atom. The normalized spacial score (nSPS) is 11.1. The number of methoxy groups -OCH3 is 1. The molecule has 0 heterocycles. The van der Waals surface area contributed by atoms with Crippen LogP contribution in [-0.2, 0) is 10.0 Å². The minimum atomic E-state index is -4.04. The zero-order valence-corrected chi connectivity index (χ0v) is 14.2.